The zero-order valence-corrected chi connectivity index (χ0v) is 18.7. The predicted molar refractivity (Wildman–Crippen MR) is 120 cm³/mol. The van der Waals surface area contributed by atoms with Crippen molar-refractivity contribution in [1.82, 2.24) is 20.0 Å². The smallest absolute Gasteiger partial charge is 0.349 e. The third-order valence-corrected chi connectivity index (χ3v) is 5.97. The lowest BCUT2D eigenvalue weighted by Crippen LogP contribution is -2.44. The SMILES string of the molecule is Cc1ccc(-n2ncc(C(=O)NC3CCN(Cc4cccc(C)c4)CC3)c2C(F)(F)F)cc1. The van der Waals surface area contributed by atoms with Gasteiger partial charge in [-0.25, -0.2) is 4.68 Å². The molecular weight excluding hydrogens is 429 g/mol. The molecule has 1 fully saturated rings. The Kier molecular flexibility index (Phi) is 6.56. The first-order valence-electron chi connectivity index (χ1n) is 11.0. The Balaban J connectivity index is 1.43. The first-order valence-corrected chi connectivity index (χ1v) is 11.0. The molecule has 8 heteroatoms. The molecule has 1 aliphatic rings. The van der Waals surface area contributed by atoms with Crippen LogP contribution in [0.5, 0.6) is 0 Å². The normalized spacial score (nSPS) is 15.5. The number of alkyl halides is 3. The number of rotatable bonds is 5. The summed E-state index contributed by atoms with van der Waals surface area (Å²) >= 11 is 0. The molecule has 2 aromatic carbocycles. The Morgan fingerprint density at radius 1 is 1.06 bits per heavy atom. The topological polar surface area (TPSA) is 50.2 Å². The Morgan fingerprint density at radius 2 is 1.76 bits per heavy atom. The summed E-state index contributed by atoms with van der Waals surface area (Å²) in [5.74, 6) is -0.738. The first kappa shape index (κ1) is 23.0. The molecule has 1 aliphatic heterocycles. The maximum absolute atomic E-state index is 13.9. The molecule has 174 valence electrons. The molecule has 5 nitrogen and oxygen atoms in total. The third-order valence-electron chi connectivity index (χ3n) is 5.97. The van der Waals surface area contributed by atoms with Crippen LogP contribution < -0.4 is 5.32 Å². The number of nitrogens with zero attached hydrogens (tertiary/aromatic N) is 3. The van der Waals surface area contributed by atoms with Gasteiger partial charge in [0.2, 0.25) is 0 Å². The fraction of sp³-hybridized carbons (Fsp3) is 0.360. The van der Waals surface area contributed by atoms with E-state index in [2.05, 4.69) is 40.4 Å². The minimum absolute atomic E-state index is 0.171. The Morgan fingerprint density at radius 3 is 2.39 bits per heavy atom. The van der Waals surface area contributed by atoms with E-state index < -0.39 is 23.3 Å². The maximum atomic E-state index is 13.9. The maximum Gasteiger partial charge on any atom is 0.434 e. The van der Waals surface area contributed by atoms with E-state index in [0.29, 0.717) is 12.8 Å². The summed E-state index contributed by atoms with van der Waals surface area (Å²) in [7, 11) is 0. The molecule has 0 atom stereocenters. The third kappa shape index (κ3) is 5.45. The highest BCUT2D eigenvalue weighted by atomic mass is 19.4. The summed E-state index contributed by atoms with van der Waals surface area (Å²) in [6.45, 7) is 6.27. The average Bonchev–Trinajstić information content (AvgIpc) is 3.22. The van der Waals surface area contributed by atoms with Gasteiger partial charge in [0.15, 0.2) is 5.69 Å². The molecule has 0 saturated carbocycles. The molecule has 1 saturated heterocycles. The highest BCUT2D eigenvalue weighted by Gasteiger charge is 2.41. The van der Waals surface area contributed by atoms with Gasteiger partial charge in [-0.1, -0.05) is 47.5 Å². The molecule has 1 N–H and O–H groups in total. The number of aromatic nitrogens is 2. The summed E-state index contributed by atoms with van der Waals surface area (Å²) in [5.41, 5.74) is 2.12. The number of hydrogen-bond donors (Lipinski definition) is 1. The van der Waals surface area contributed by atoms with Gasteiger partial charge in [0.1, 0.15) is 0 Å². The monoisotopic (exact) mass is 456 g/mol. The lowest BCUT2D eigenvalue weighted by atomic mass is 10.0. The van der Waals surface area contributed by atoms with Crippen LogP contribution in [0.4, 0.5) is 13.2 Å². The second-order valence-electron chi connectivity index (χ2n) is 8.66. The van der Waals surface area contributed by atoms with E-state index >= 15 is 0 Å². The Hall–Kier alpha value is -3.13. The van der Waals surface area contributed by atoms with Crippen molar-refractivity contribution in [2.45, 2.75) is 45.5 Å². The van der Waals surface area contributed by atoms with Crippen molar-refractivity contribution >= 4 is 5.91 Å². The van der Waals surface area contributed by atoms with Crippen LogP contribution in [0.1, 0.15) is 45.6 Å². The number of nitrogens with one attached hydrogen (secondary N) is 1. The Bertz CT molecular complexity index is 1110. The largest absolute Gasteiger partial charge is 0.434 e. The molecule has 0 radical (unpaired) electrons. The number of likely N-dealkylation sites (tertiary alicyclic amines) is 1. The molecule has 3 aromatic rings. The second-order valence-corrected chi connectivity index (χ2v) is 8.66. The van der Waals surface area contributed by atoms with Crippen LogP contribution in [0.3, 0.4) is 0 Å². The molecule has 0 bridgehead atoms. The zero-order valence-electron chi connectivity index (χ0n) is 18.7. The van der Waals surface area contributed by atoms with Crippen LogP contribution in [0.25, 0.3) is 5.69 Å². The number of carbonyl (C=O) groups excluding carboxylic acids is 1. The van der Waals surface area contributed by atoms with Crippen LogP contribution in [-0.2, 0) is 12.7 Å². The highest BCUT2D eigenvalue weighted by molar-refractivity contribution is 5.95. The quantitative estimate of drug-likeness (QED) is 0.594. The molecule has 1 aromatic heterocycles. The van der Waals surface area contributed by atoms with E-state index in [4.69, 9.17) is 0 Å². The van der Waals surface area contributed by atoms with Crippen LogP contribution in [-0.4, -0.2) is 39.7 Å². The molecule has 0 aliphatic carbocycles. The standard InChI is InChI=1S/C25H27F3N4O/c1-17-6-8-21(9-7-17)32-23(25(26,27)28)22(15-29-32)24(33)30-20-10-12-31(13-11-20)16-19-5-3-4-18(2)14-19/h3-9,14-15,20H,10-13,16H2,1-2H3,(H,30,33). The van der Waals surface area contributed by atoms with Gasteiger partial charge in [0, 0.05) is 25.7 Å². The minimum atomic E-state index is -4.72. The van der Waals surface area contributed by atoms with Crippen LogP contribution in [0.15, 0.2) is 54.7 Å². The number of hydrogen-bond acceptors (Lipinski definition) is 3. The number of piperidine rings is 1. The fourth-order valence-corrected chi connectivity index (χ4v) is 4.24. The van der Waals surface area contributed by atoms with Crippen molar-refractivity contribution in [3.63, 3.8) is 0 Å². The van der Waals surface area contributed by atoms with E-state index in [1.165, 1.54) is 11.1 Å². The van der Waals surface area contributed by atoms with Crippen molar-refractivity contribution in [2.24, 2.45) is 0 Å². The van der Waals surface area contributed by atoms with E-state index in [1.807, 2.05) is 13.0 Å². The van der Waals surface area contributed by atoms with E-state index in [1.54, 1.807) is 24.3 Å². The molecule has 2 heterocycles. The number of halogens is 3. The van der Waals surface area contributed by atoms with Gasteiger partial charge in [-0.2, -0.15) is 18.3 Å². The summed E-state index contributed by atoms with van der Waals surface area (Å²) in [4.78, 5) is 15.1. The summed E-state index contributed by atoms with van der Waals surface area (Å²) in [6.07, 6.45) is -2.34. The molecule has 1 amide bonds. The highest BCUT2D eigenvalue weighted by Crippen LogP contribution is 2.34. The zero-order chi connectivity index (χ0) is 23.6. The molecule has 0 unspecified atom stereocenters. The van der Waals surface area contributed by atoms with Crippen molar-refractivity contribution in [3.8, 4) is 5.69 Å². The van der Waals surface area contributed by atoms with Gasteiger partial charge in [0.05, 0.1) is 17.4 Å². The van der Waals surface area contributed by atoms with Crippen molar-refractivity contribution in [2.75, 3.05) is 13.1 Å². The number of aryl methyl sites for hydroxylation is 2. The first-order chi connectivity index (χ1) is 15.7. The molecule has 4 rings (SSSR count). The van der Waals surface area contributed by atoms with Gasteiger partial charge >= 0.3 is 6.18 Å². The lowest BCUT2D eigenvalue weighted by Gasteiger charge is -2.32. The minimum Gasteiger partial charge on any atom is -0.349 e. The number of carbonyl (C=O) groups is 1. The lowest BCUT2D eigenvalue weighted by molar-refractivity contribution is -0.143. The van der Waals surface area contributed by atoms with Crippen molar-refractivity contribution in [1.29, 1.82) is 0 Å². The van der Waals surface area contributed by atoms with Gasteiger partial charge in [-0.3, -0.25) is 9.69 Å². The number of amides is 1. The van der Waals surface area contributed by atoms with Crippen molar-refractivity contribution < 1.29 is 18.0 Å². The van der Waals surface area contributed by atoms with Crippen LogP contribution >= 0.6 is 0 Å². The van der Waals surface area contributed by atoms with E-state index in [9.17, 15) is 18.0 Å². The van der Waals surface area contributed by atoms with E-state index in [-0.39, 0.29) is 11.7 Å². The summed E-state index contributed by atoms with van der Waals surface area (Å²) < 4.78 is 42.4. The van der Waals surface area contributed by atoms with Crippen molar-refractivity contribution in [3.05, 3.63) is 82.7 Å². The Labute approximate surface area is 191 Å². The van der Waals surface area contributed by atoms with Gasteiger partial charge in [0.25, 0.3) is 5.91 Å². The van der Waals surface area contributed by atoms with E-state index in [0.717, 1.165) is 36.1 Å². The fourth-order valence-electron chi connectivity index (χ4n) is 4.24. The van der Waals surface area contributed by atoms with Gasteiger partial charge in [-0.05, 0) is 44.4 Å². The van der Waals surface area contributed by atoms with Crippen LogP contribution in [0.2, 0.25) is 0 Å². The molecular formula is C25H27F3N4O. The average molecular weight is 457 g/mol. The van der Waals surface area contributed by atoms with Crippen LogP contribution in [0, 0.1) is 13.8 Å². The second kappa shape index (κ2) is 9.39. The summed E-state index contributed by atoms with van der Waals surface area (Å²) in [6, 6.07) is 14.7. The van der Waals surface area contributed by atoms with Gasteiger partial charge < -0.3 is 5.32 Å². The molecule has 33 heavy (non-hydrogen) atoms. The molecule has 0 spiro atoms. The summed E-state index contributed by atoms with van der Waals surface area (Å²) in [5, 5.41) is 6.69. The van der Waals surface area contributed by atoms with Gasteiger partial charge in [-0.15, -0.1) is 0 Å². The number of benzene rings is 2. The predicted octanol–water partition coefficient (Wildman–Crippen LogP) is 4.90.